The molecule has 3 rings (SSSR count). The molecule has 1 aromatic heterocycles. The van der Waals surface area contributed by atoms with E-state index in [1.165, 1.54) is 17.3 Å². The van der Waals surface area contributed by atoms with Gasteiger partial charge in [-0.05, 0) is 18.9 Å². The van der Waals surface area contributed by atoms with Gasteiger partial charge in [0.15, 0.2) is 0 Å². The van der Waals surface area contributed by atoms with Crippen LogP contribution in [-0.2, 0) is 16.1 Å². The highest BCUT2D eigenvalue weighted by Gasteiger charge is 2.26. The third kappa shape index (κ3) is 3.39. The molecule has 1 aliphatic heterocycles. The van der Waals surface area contributed by atoms with Crippen molar-refractivity contribution in [2.24, 2.45) is 0 Å². The maximum atomic E-state index is 12.0. The third-order valence-electron chi connectivity index (χ3n) is 3.59. The molecule has 1 N–H and O–H groups in total. The summed E-state index contributed by atoms with van der Waals surface area (Å²) >= 11 is 1.28. The van der Waals surface area contributed by atoms with E-state index in [0.29, 0.717) is 6.42 Å². The molecule has 114 valence electrons. The van der Waals surface area contributed by atoms with E-state index < -0.39 is 0 Å². The summed E-state index contributed by atoms with van der Waals surface area (Å²) in [4.78, 5) is 23.5. The van der Waals surface area contributed by atoms with Crippen LogP contribution in [0, 0.1) is 6.92 Å². The Morgan fingerprint density at radius 3 is 2.82 bits per heavy atom. The molecule has 0 aliphatic carbocycles. The first-order valence-electron chi connectivity index (χ1n) is 7.17. The number of hydrogen-bond acceptors (Lipinski definition) is 4. The van der Waals surface area contributed by atoms with Gasteiger partial charge in [-0.15, -0.1) is 0 Å². The van der Waals surface area contributed by atoms with Gasteiger partial charge < -0.3 is 5.32 Å². The molecule has 0 saturated carbocycles. The van der Waals surface area contributed by atoms with Gasteiger partial charge in [-0.3, -0.25) is 14.3 Å². The fraction of sp³-hybridized carbons (Fsp3) is 0.312. The first kappa shape index (κ1) is 14.8. The third-order valence-corrected chi connectivity index (χ3v) is 4.60. The van der Waals surface area contributed by atoms with Crippen LogP contribution in [0.2, 0.25) is 0 Å². The highest BCUT2D eigenvalue weighted by molar-refractivity contribution is 8.14. The standard InChI is InChI=1S/C16H17N3O2S/c1-11-2-4-12(5-3-11)13-8-17-19(9-13)10-15(20)18-14-6-7-22-16(14)21/h2-5,8-9,14H,6-7,10H2,1H3,(H,18,20). The van der Waals surface area contributed by atoms with Crippen molar-refractivity contribution in [2.45, 2.75) is 25.9 Å². The minimum absolute atomic E-state index is 0.0501. The summed E-state index contributed by atoms with van der Waals surface area (Å²) in [6.45, 7) is 2.17. The Labute approximate surface area is 133 Å². The number of benzene rings is 1. The molecule has 2 aromatic rings. The molecule has 0 spiro atoms. The predicted octanol–water partition coefficient (Wildman–Crippen LogP) is 2.01. The molecule has 1 fully saturated rings. The summed E-state index contributed by atoms with van der Waals surface area (Å²) in [5.41, 5.74) is 3.24. The van der Waals surface area contributed by atoms with Gasteiger partial charge in [-0.1, -0.05) is 41.6 Å². The van der Waals surface area contributed by atoms with E-state index in [1.54, 1.807) is 10.9 Å². The fourth-order valence-corrected chi connectivity index (χ4v) is 3.29. The number of hydrogen-bond donors (Lipinski definition) is 1. The number of thioether (sulfide) groups is 1. The topological polar surface area (TPSA) is 64.0 Å². The zero-order valence-corrected chi connectivity index (χ0v) is 13.1. The van der Waals surface area contributed by atoms with E-state index in [0.717, 1.165) is 16.9 Å². The number of carbonyl (C=O) groups excluding carboxylic acids is 2. The van der Waals surface area contributed by atoms with Crippen LogP contribution >= 0.6 is 11.8 Å². The average Bonchev–Trinajstić information content (AvgIpc) is 3.10. The molecule has 5 nitrogen and oxygen atoms in total. The summed E-state index contributed by atoms with van der Waals surface area (Å²) in [6.07, 6.45) is 4.30. The highest BCUT2D eigenvalue weighted by atomic mass is 32.2. The Bertz CT molecular complexity index is 694. The maximum absolute atomic E-state index is 12.0. The molecule has 1 atom stereocenters. The summed E-state index contributed by atoms with van der Waals surface area (Å²) in [7, 11) is 0. The van der Waals surface area contributed by atoms with Gasteiger partial charge in [0.2, 0.25) is 11.0 Å². The normalized spacial score (nSPS) is 17.7. The van der Waals surface area contributed by atoms with Crippen LogP contribution in [0.5, 0.6) is 0 Å². The molecular weight excluding hydrogens is 298 g/mol. The lowest BCUT2D eigenvalue weighted by Gasteiger charge is -2.09. The molecular formula is C16H17N3O2S. The van der Waals surface area contributed by atoms with Crippen molar-refractivity contribution in [3.8, 4) is 11.1 Å². The van der Waals surface area contributed by atoms with Crippen molar-refractivity contribution >= 4 is 22.8 Å². The van der Waals surface area contributed by atoms with Crippen molar-refractivity contribution in [2.75, 3.05) is 5.75 Å². The minimum Gasteiger partial charge on any atom is -0.344 e. The second-order valence-electron chi connectivity index (χ2n) is 5.37. The second-order valence-corrected chi connectivity index (χ2v) is 6.47. The van der Waals surface area contributed by atoms with Crippen LogP contribution in [0.4, 0.5) is 0 Å². The van der Waals surface area contributed by atoms with E-state index in [2.05, 4.69) is 10.4 Å². The van der Waals surface area contributed by atoms with E-state index in [1.807, 2.05) is 37.4 Å². The van der Waals surface area contributed by atoms with Gasteiger partial charge in [0.05, 0.1) is 12.2 Å². The molecule has 0 bridgehead atoms. The average molecular weight is 315 g/mol. The van der Waals surface area contributed by atoms with E-state index in [-0.39, 0.29) is 23.6 Å². The molecule has 1 saturated heterocycles. The lowest BCUT2D eigenvalue weighted by atomic mass is 10.1. The number of amides is 1. The Hall–Kier alpha value is -2.08. The minimum atomic E-state index is -0.343. The first-order chi connectivity index (χ1) is 10.6. The van der Waals surface area contributed by atoms with Crippen LogP contribution in [-0.4, -0.2) is 32.6 Å². The van der Waals surface area contributed by atoms with Crippen molar-refractivity contribution in [3.05, 3.63) is 42.2 Å². The van der Waals surface area contributed by atoms with Gasteiger partial charge in [-0.25, -0.2) is 0 Å². The second kappa shape index (κ2) is 6.36. The highest BCUT2D eigenvalue weighted by Crippen LogP contribution is 2.20. The van der Waals surface area contributed by atoms with Crippen molar-refractivity contribution in [1.82, 2.24) is 15.1 Å². The van der Waals surface area contributed by atoms with Crippen molar-refractivity contribution in [3.63, 3.8) is 0 Å². The number of nitrogens with one attached hydrogen (secondary N) is 1. The van der Waals surface area contributed by atoms with Gasteiger partial charge in [0.1, 0.15) is 6.54 Å². The van der Waals surface area contributed by atoms with Crippen molar-refractivity contribution < 1.29 is 9.59 Å². The van der Waals surface area contributed by atoms with Crippen LogP contribution < -0.4 is 5.32 Å². The molecule has 1 aliphatic rings. The first-order valence-corrected chi connectivity index (χ1v) is 8.16. The molecule has 2 heterocycles. The number of aromatic nitrogens is 2. The van der Waals surface area contributed by atoms with Crippen LogP contribution in [0.25, 0.3) is 11.1 Å². The Kier molecular flexibility index (Phi) is 4.29. The zero-order valence-electron chi connectivity index (χ0n) is 12.3. The summed E-state index contributed by atoms with van der Waals surface area (Å²) in [5, 5.41) is 7.03. The lowest BCUT2D eigenvalue weighted by Crippen LogP contribution is -2.39. The number of nitrogens with zero attached hydrogens (tertiary/aromatic N) is 2. The quantitative estimate of drug-likeness (QED) is 0.937. The molecule has 1 unspecified atom stereocenters. The van der Waals surface area contributed by atoms with Crippen LogP contribution in [0.3, 0.4) is 0 Å². The summed E-state index contributed by atoms with van der Waals surface area (Å²) in [5.74, 6) is 0.600. The molecule has 22 heavy (non-hydrogen) atoms. The number of carbonyl (C=O) groups is 2. The number of aryl methyl sites for hydroxylation is 1. The molecule has 1 amide bonds. The van der Waals surface area contributed by atoms with Gasteiger partial charge in [-0.2, -0.15) is 5.10 Å². The molecule has 0 radical (unpaired) electrons. The largest absolute Gasteiger partial charge is 0.344 e. The lowest BCUT2D eigenvalue weighted by molar-refractivity contribution is -0.125. The van der Waals surface area contributed by atoms with E-state index in [4.69, 9.17) is 0 Å². The fourth-order valence-electron chi connectivity index (χ4n) is 2.36. The van der Waals surface area contributed by atoms with Crippen molar-refractivity contribution in [1.29, 1.82) is 0 Å². The smallest absolute Gasteiger partial charge is 0.242 e. The van der Waals surface area contributed by atoms with Gasteiger partial charge in [0, 0.05) is 17.5 Å². The van der Waals surface area contributed by atoms with E-state index >= 15 is 0 Å². The Morgan fingerprint density at radius 2 is 2.14 bits per heavy atom. The maximum Gasteiger partial charge on any atom is 0.242 e. The van der Waals surface area contributed by atoms with Crippen LogP contribution in [0.15, 0.2) is 36.7 Å². The zero-order chi connectivity index (χ0) is 15.5. The van der Waals surface area contributed by atoms with Crippen LogP contribution in [0.1, 0.15) is 12.0 Å². The number of rotatable bonds is 4. The predicted molar refractivity (Wildman–Crippen MR) is 86.4 cm³/mol. The monoisotopic (exact) mass is 315 g/mol. The molecule has 1 aromatic carbocycles. The van der Waals surface area contributed by atoms with E-state index in [9.17, 15) is 9.59 Å². The Balaban J connectivity index is 1.62. The SMILES string of the molecule is Cc1ccc(-c2cnn(CC(=O)NC3CCSC3=O)c2)cc1. The van der Waals surface area contributed by atoms with Gasteiger partial charge in [0.25, 0.3) is 0 Å². The summed E-state index contributed by atoms with van der Waals surface area (Å²) < 4.78 is 1.59. The van der Waals surface area contributed by atoms with Gasteiger partial charge >= 0.3 is 0 Å². The molecule has 6 heteroatoms. The summed E-state index contributed by atoms with van der Waals surface area (Å²) in [6, 6.07) is 7.81. The Morgan fingerprint density at radius 1 is 1.36 bits per heavy atom.